The van der Waals surface area contributed by atoms with Crippen LogP contribution in [-0.4, -0.2) is 27.1 Å². The Balaban J connectivity index is 1.06. The van der Waals surface area contributed by atoms with Crippen molar-refractivity contribution in [2.75, 3.05) is 6.61 Å². The van der Waals surface area contributed by atoms with Gasteiger partial charge in [0.05, 0.1) is 18.9 Å². The maximum absolute atomic E-state index is 5.69. The fourth-order valence-corrected chi connectivity index (χ4v) is 3.26. The minimum Gasteiger partial charge on any atom is -0.373 e. The van der Waals surface area contributed by atoms with Crippen molar-refractivity contribution in [2.24, 2.45) is 0 Å². The van der Waals surface area contributed by atoms with Gasteiger partial charge in [-0.2, -0.15) is 0 Å². The molecule has 34 heavy (non-hydrogen) atoms. The third-order valence-corrected chi connectivity index (χ3v) is 4.96. The zero-order valence-electron chi connectivity index (χ0n) is 18.3. The van der Waals surface area contributed by atoms with E-state index in [4.69, 9.17) is 23.0 Å². The van der Waals surface area contributed by atoms with Crippen LogP contribution in [0.2, 0.25) is 0 Å². The molecule has 0 aliphatic rings. The van der Waals surface area contributed by atoms with Crippen LogP contribution in [0.1, 0.15) is 22.8 Å². The van der Waals surface area contributed by atoms with Crippen LogP contribution in [-0.2, 0) is 35.7 Å². The van der Waals surface area contributed by atoms with Gasteiger partial charge in [0, 0.05) is 30.8 Å². The smallest absolute Gasteiger partial charge is 0.163 e. The number of aromatic nitrogens is 4. The second-order valence-electron chi connectivity index (χ2n) is 7.53. The zero-order chi connectivity index (χ0) is 23.0. The number of ether oxygens (including phenoxy) is 2. The molecular formula is C25H22N4O5. The third kappa shape index (κ3) is 5.64. The number of pyridine rings is 1. The lowest BCUT2D eigenvalue weighted by Crippen LogP contribution is -1.97. The minimum atomic E-state index is 0.277. The predicted octanol–water partition coefficient (Wildman–Crippen LogP) is 4.86. The van der Waals surface area contributed by atoms with Crippen molar-refractivity contribution in [2.45, 2.75) is 26.2 Å². The summed E-state index contributed by atoms with van der Waals surface area (Å²) in [6, 6.07) is 21.0. The van der Waals surface area contributed by atoms with Gasteiger partial charge in [-0.25, -0.2) is 0 Å². The van der Waals surface area contributed by atoms with Crippen molar-refractivity contribution in [1.82, 2.24) is 20.5 Å². The number of hydrogen-bond acceptors (Lipinski definition) is 9. The van der Waals surface area contributed by atoms with Gasteiger partial charge in [-0.15, -0.1) is 0 Å². The van der Waals surface area contributed by atoms with E-state index in [-0.39, 0.29) is 6.61 Å². The van der Waals surface area contributed by atoms with Gasteiger partial charge < -0.3 is 23.0 Å². The van der Waals surface area contributed by atoms with E-state index in [1.54, 1.807) is 18.3 Å². The van der Waals surface area contributed by atoms with Crippen LogP contribution < -0.4 is 0 Å². The molecule has 0 saturated carbocycles. The quantitative estimate of drug-likeness (QED) is 0.256. The Kier molecular flexibility index (Phi) is 6.84. The summed E-state index contributed by atoms with van der Waals surface area (Å²) in [7, 11) is 0. The van der Waals surface area contributed by atoms with Crippen LogP contribution in [0.5, 0.6) is 0 Å². The first kappa shape index (κ1) is 21.7. The van der Waals surface area contributed by atoms with E-state index >= 15 is 0 Å². The number of nitrogens with zero attached hydrogens (tertiary/aromatic N) is 4. The molecule has 5 aromatic rings. The molecule has 1 aromatic carbocycles. The van der Waals surface area contributed by atoms with Crippen molar-refractivity contribution in [1.29, 1.82) is 0 Å². The topological polar surface area (TPSA) is 109 Å². The molecule has 0 radical (unpaired) electrons. The van der Waals surface area contributed by atoms with Gasteiger partial charge >= 0.3 is 0 Å². The Morgan fingerprint density at radius 2 is 1.21 bits per heavy atom. The number of rotatable bonds is 11. The standard InChI is InChI=1S/C25H22N4O5/c1-2-6-18(7-3-1)15-31-17-21-14-25(29-34-21)24-13-20(33-28-24)16-30-11-9-19-12-23(27-32-19)22-8-4-5-10-26-22/h1-8,10,12-14H,9,11,15-17H2. The van der Waals surface area contributed by atoms with E-state index in [9.17, 15) is 0 Å². The monoisotopic (exact) mass is 458 g/mol. The number of benzene rings is 1. The Bertz CT molecular complexity index is 1300. The van der Waals surface area contributed by atoms with E-state index in [1.807, 2.05) is 54.6 Å². The van der Waals surface area contributed by atoms with Crippen LogP contribution in [0, 0.1) is 0 Å². The predicted molar refractivity (Wildman–Crippen MR) is 120 cm³/mol. The lowest BCUT2D eigenvalue weighted by atomic mass is 10.2. The summed E-state index contributed by atoms with van der Waals surface area (Å²) in [4.78, 5) is 4.26. The molecule has 0 saturated heterocycles. The van der Waals surface area contributed by atoms with Crippen LogP contribution in [0.3, 0.4) is 0 Å². The van der Waals surface area contributed by atoms with Gasteiger partial charge in [-0.3, -0.25) is 4.98 Å². The minimum absolute atomic E-state index is 0.277. The molecule has 0 N–H and O–H groups in total. The van der Waals surface area contributed by atoms with Crippen molar-refractivity contribution in [3.63, 3.8) is 0 Å². The molecule has 5 rings (SSSR count). The molecule has 172 valence electrons. The molecule has 0 amide bonds. The van der Waals surface area contributed by atoms with E-state index in [2.05, 4.69) is 20.5 Å². The normalized spacial score (nSPS) is 11.2. The zero-order valence-corrected chi connectivity index (χ0v) is 18.3. The molecule has 0 fully saturated rings. The molecule has 0 spiro atoms. The highest BCUT2D eigenvalue weighted by atomic mass is 16.5. The summed E-state index contributed by atoms with van der Waals surface area (Å²) in [5.41, 5.74) is 3.73. The molecule has 4 aromatic heterocycles. The lowest BCUT2D eigenvalue weighted by molar-refractivity contribution is 0.0884. The molecule has 0 unspecified atom stereocenters. The maximum atomic E-state index is 5.69. The molecule has 0 aliphatic carbocycles. The second kappa shape index (κ2) is 10.7. The van der Waals surface area contributed by atoms with E-state index in [1.165, 1.54) is 0 Å². The first-order chi connectivity index (χ1) is 16.8. The fraction of sp³-hybridized carbons (Fsp3) is 0.200. The molecule has 9 heteroatoms. The number of hydrogen-bond donors (Lipinski definition) is 0. The summed E-state index contributed by atoms with van der Waals surface area (Å²) in [5.74, 6) is 1.93. The highest BCUT2D eigenvalue weighted by Crippen LogP contribution is 2.21. The van der Waals surface area contributed by atoms with Gasteiger partial charge in [0.2, 0.25) is 0 Å². The Morgan fingerprint density at radius 3 is 1.91 bits per heavy atom. The average Bonchev–Trinajstić information content (AvgIpc) is 3.64. The van der Waals surface area contributed by atoms with E-state index in [0.29, 0.717) is 54.8 Å². The molecule has 0 bridgehead atoms. The molecule has 0 atom stereocenters. The van der Waals surface area contributed by atoms with Gasteiger partial charge in [0.25, 0.3) is 0 Å². The summed E-state index contributed by atoms with van der Waals surface area (Å²) in [6.07, 6.45) is 2.30. The Hall–Kier alpha value is -4.08. The molecule has 0 aliphatic heterocycles. The van der Waals surface area contributed by atoms with Gasteiger partial charge in [0.1, 0.15) is 36.1 Å². The van der Waals surface area contributed by atoms with Gasteiger partial charge in [0.15, 0.2) is 11.5 Å². The summed E-state index contributed by atoms with van der Waals surface area (Å²) in [5, 5.41) is 12.1. The van der Waals surface area contributed by atoms with Crippen molar-refractivity contribution in [3.05, 3.63) is 95.8 Å². The van der Waals surface area contributed by atoms with Crippen LogP contribution in [0.4, 0.5) is 0 Å². The van der Waals surface area contributed by atoms with Crippen LogP contribution in [0.15, 0.2) is 86.5 Å². The van der Waals surface area contributed by atoms with Gasteiger partial charge in [-0.1, -0.05) is 51.9 Å². The van der Waals surface area contributed by atoms with Crippen molar-refractivity contribution < 1.29 is 23.0 Å². The first-order valence-corrected chi connectivity index (χ1v) is 10.8. The summed E-state index contributed by atoms with van der Waals surface area (Å²) >= 11 is 0. The summed E-state index contributed by atoms with van der Waals surface area (Å²) in [6.45, 7) is 1.54. The Labute approximate surface area is 195 Å². The summed E-state index contributed by atoms with van der Waals surface area (Å²) < 4.78 is 27.4. The average molecular weight is 458 g/mol. The fourth-order valence-electron chi connectivity index (χ4n) is 3.26. The SMILES string of the molecule is c1ccc(COCc2cc(-c3cc(COCCc4cc(-c5ccccn5)no4)on3)no2)cc1. The highest BCUT2D eigenvalue weighted by molar-refractivity contribution is 5.53. The lowest BCUT2D eigenvalue weighted by Gasteiger charge is -2.00. The van der Waals surface area contributed by atoms with Gasteiger partial charge in [-0.05, 0) is 17.7 Å². The largest absolute Gasteiger partial charge is 0.373 e. The van der Waals surface area contributed by atoms with Crippen LogP contribution in [0.25, 0.3) is 22.8 Å². The molecule has 4 heterocycles. The molecule has 9 nitrogen and oxygen atoms in total. The maximum Gasteiger partial charge on any atom is 0.163 e. The first-order valence-electron chi connectivity index (χ1n) is 10.8. The van der Waals surface area contributed by atoms with Crippen molar-refractivity contribution >= 4 is 0 Å². The highest BCUT2D eigenvalue weighted by Gasteiger charge is 2.13. The van der Waals surface area contributed by atoms with Crippen molar-refractivity contribution in [3.8, 4) is 22.8 Å². The van der Waals surface area contributed by atoms with E-state index in [0.717, 1.165) is 17.0 Å². The third-order valence-electron chi connectivity index (χ3n) is 4.96. The van der Waals surface area contributed by atoms with Crippen LogP contribution >= 0.6 is 0 Å². The second-order valence-corrected chi connectivity index (χ2v) is 7.53. The Morgan fingerprint density at radius 1 is 0.588 bits per heavy atom. The van der Waals surface area contributed by atoms with E-state index < -0.39 is 0 Å². The molecular weight excluding hydrogens is 436 g/mol.